The lowest BCUT2D eigenvalue weighted by Crippen LogP contribution is -2.09. The summed E-state index contributed by atoms with van der Waals surface area (Å²) < 4.78 is 0. The van der Waals surface area contributed by atoms with E-state index >= 15 is 0 Å². The molecule has 170 valence electrons. The predicted octanol–water partition coefficient (Wildman–Crippen LogP) is 4.97. The van der Waals surface area contributed by atoms with E-state index in [2.05, 4.69) is 40.4 Å². The van der Waals surface area contributed by atoms with Crippen LogP contribution in [0.4, 0.5) is 5.69 Å². The van der Waals surface area contributed by atoms with Gasteiger partial charge in [-0.2, -0.15) is 5.10 Å². The van der Waals surface area contributed by atoms with Crippen LogP contribution in [0.5, 0.6) is 0 Å². The largest absolute Gasteiger partial charge is 0.338 e. The normalized spacial score (nSPS) is 11.2. The van der Waals surface area contributed by atoms with Crippen LogP contribution in [0.1, 0.15) is 13.3 Å². The molecule has 0 radical (unpaired) electrons. The highest BCUT2D eigenvalue weighted by molar-refractivity contribution is 5.99. The van der Waals surface area contributed by atoms with E-state index in [4.69, 9.17) is 0 Å². The van der Waals surface area contributed by atoms with Gasteiger partial charge in [0.15, 0.2) is 5.65 Å². The van der Waals surface area contributed by atoms with Crippen LogP contribution >= 0.6 is 0 Å². The Balaban J connectivity index is 1.43. The molecule has 1 amide bonds. The standard InChI is InChI=1S/C26H20N8O/c1-2-23(35)31-17-9-15(12-27-14-17)16-10-20-24(33-34-26(20)30-13-16)22-11-19-18(6-8-29-25(19)32-22)21-5-3-4-7-28-21/h3-14H,2H2,1H3,(H,29,32)(H,31,35)(H,30,33,34). The van der Waals surface area contributed by atoms with Crippen LogP contribution in [0.15, 0.2) is 73.4 Å². The first-order valence-corrected chi connectivity index (χ1v) is 11.2. The summed E-state index contributed by atoms with van der Waals surface area (Å²) in [5, 5.41) is 12.2. The molecule has 35 heavy (non-hydrogen) atoms. The van der Waals surface area contributed by atoms with Gasteiger partial charge >= 0.3 is 0 Å². The molecule has 6 rings (SSSR count). The van der Waals surface area contributed by atoms with Gasteiger partial charge in [0.05, 0.1) is 23.3 Å². The molecule has 0 aliphatic carbocycles. The number of carbonyl (C=O) groups is 1. The van der Waals surface area contributed by atoms with Gasteiger partial charge in [0, 0.05) is 58.7 Å². The first-order valence-electron chi connectivity index (χ1n) is 11.2. The van der Waals surface area contributed by atoms with E-state index in [0.717, 1.165) is 50.2 Å². The summed E-state index contributed by atoms with van der Waals surface area (Å²) in [6.07, 6.45) is 9.09. The highest BCUT2D eigenvalue weighted by Gasteiger charge is 2.16. The maximum Gasteiger partial charge on any atom is 0.224 e. The first-order chi connectivity index (χ1) is 17.2. The van der Waals surface area contributed by atoms with Crippen LogP contribution in [0.3, 0.4) is 0 Å². The number of aromatic nitrogens is 7. The molecule has 0 unspecified atom stereocenters. The van der Waals surface area contributed by atoms with Crippen molar-refractivity contribution < 1.29 is 4.79 Å². The van der Waals surface area contributed by atoms with Crippen LogP contribution in [0.25, 0.3) is 55.8 Å². The van der Waals surface area contributed by atoms with Gasteiger partial charge in [-0.25, -0.2) is 9.97 Å². The van der Waals surface area contributed by atoms with Crippen LogP contribution < -0.4 is 5.32 Å². The summed E-state index contributed by atoms with van der Waals surface area (Å²) in [5.41, 5.74) is 7.21. The van der Waals surface area contributed by atoms with E-state index in [9.17, 15) is 4.79 Å². The van der Waals surface area contributed by atoms with Gasteiger partial charge in [-0.3, -0.25) is 19.9 Å². The maximum atomic E-state index is 11.8. The Kier molecular flexibility index (Phi) is 4.99. The number of nitrogens with zero attached hydrogens (tertiary/aromatic N) is 5. The number of anilines is 1. The Morgan fingerprint density at radius 1 is 0.914 bits per heavy atom. The van der Waals surface area contributed by atoms with Gasteiger partial charge in [-0.1, -0.05) is 13.0 Å². The van der Waals surface area contributed by atoms with Gasteiger partial charge in [0.2, 0.25) is 5.91 Å². The molecule has 0 saturated carbocycles. The van der Waals surface area contributed by atoms with Crippen molar-refractivity contribution >= 4 is 33.7 Å². The minimum atomic E-state index is -0.0628. The molecule has 0 fully saturated rings. The van der Waals surface area contributed by atoms with Crippen LogP contribution in [0.2, 0.25) is 0 Å². The highest BCUT2D eigenvalue weighted by atomic mass is 16.1. The van der Waals surface area contributed by atoms with Gasteiger partial charge in [-0.05, 0) is 36.4 Å². The number of hydrogen-bond acceptors (Lipinski definition) is 6. The van der Waals surface area contributed by atoms with Crippen LogP contribution in [-0.2, 0) is 4.79 Å². The second-order valence-electron chi connectivity index (χ2n) is 8.08. The summed E-state index contributed by atoms with van der Waals surface area (Å²) in [6, 6.07) is 13.7. The average Bonchev–Trinajstić information content (AvgIpc) is 3.53. The summed E-state index contributed by atoms with van der Waals surface area (Å²) in [5.74, 6) is -0.0628. The van der Waals surface area contributed by atoms with Gasteiger partial charge in [-0.15, -0.1) is 0 Å². The fraction of sp³-hybridized carbons (Fsp3) is 0.0769. The summed E-state index contributed by atoms with van der Waals surface area (Å²) in [4.78, 5) is 33.0. The lowest BCUT2D eigenvalue weighted by molar-refractivity contribution is -0.115. The third-order valence-electron chi connectivity index (χ3n) is 5.82. The number of pyridine rings is 4. The van der Waals surface area contributed by atoms with Crippen LogP contribution in [0, 0.1) is 0 Å². The van der Waals surface area contributed by atoms with Crippen molar-refractivity contribution in [2.24, 2.45) is 0 Å². The zero-order valence-corrected chi connectivity index (χ0v) is 18.8. The number of nitrogens with one attached hydrogen (secondary N) is 3. The topological polar surface area (TPSA) is 125 Å². The van der Waals surface area contributed by atoms with Gasteiger partial charge in [0.1, 0.15) is 11.3 Å². The second-order valence-corrected chi connectivity index (χ2v) is 8.08. The molecule has 0 aromatic carbocycles. The molecular formula is C26H20N8O. The van der Waals surface area contributed by atoms with Crippen molar-refractivity contribution in [2.75, 3.05) is 5.32 Å². The number of hydrogen-bond donors (Lipinski definition) is 3. The zero-order chi connectivity index (χ0) is 23.8. The minimum Gasteiger partial charge on any atom is -0.338 e. The molecule has 0 atom stereocenters. The number of aromatic amines is 2. The maximum absolute atomic E-state index is 11.8. The third-order valence-corrected chi connectivity index (χ3v) is 5.82. The van der Waals surface area contributed by atoms with Gasteiger partial charge in [0.25, 0.3) is 0 Å². The smallest absolute Gasteiger partial charge is 0.224 e. The minimum absolute atomic E-state index is 0.0628. The van der Waals surface area contributed by atoms with Crippen molar-refractivity contribution in [1.82, 2.24) is 35.1 Å². The lowest BCUT2D eigenvalue weighted by atomic mass is 10.1. The highest BCUT2D eigenvalue weighted by Crippen LogP contribution is 2.33. The fourth-order valence-corrected chi connectivity index (χ4v) is 4.08. The number of H-pyrrole nitrogens is 2. The first kappa shape index (κ1) is 20.7. The molecule has 0 bridgehead atoms. The molecule has 6 heterocycles. The monoisotopic (exact) mass is 460 g/mol. The van der Waals surface area contributed by atoms with E-state index < -0.39 is 0 Å². The number of carbonyl (C=O) groups excluding carboxylic acids is 1. The van der Waals surface area contributed by atoms with E-state index in [-0.39, 0.29) is 5.91 Å². The third kappa shape index (κ3) is 3.78. The molecule has 3 N–H and O–H groups in total. The summed E-state index contributed by atoms with van der Waals surface area (Å²) in [7, 11) is 0. The molecule has 0 spiro atoms. The van der Waals surface area contributed by atoms with Crippen molar-refractivity contribution in [3.05, 3.63) is 73.4 Å². The van der Waals surface area contributed by atoms with E-state index in [1.54, 1.807) is 31.0 Å². The lowest BCUT2D eigenvalue weighted by Gasteiger charge is -2.06. The average molecular weight is 461 g/mol. The number of fused-ring (bicyclic) bond motifs is 2. The fourth-order valence-electron chi connectivity index (χ4n) is 4.08. The molecular weight excluding hydrogens is 440 g/mol. The SMILES string of the molecule is CCC(=O)Nc1cncc(-c2cnc3[nH]nc(-c4cc5c(-c6ccccn6)ccnc5[nH]4)c3c2)c1. The molecule has 6 aromatic heterocycles. The summed E-state index contributed by atoms with van der Waals surface area (Å²) in [6.45, 7) is 1.81. The summed E-state index contributed by atoms with van der Waals surface area (Å²) >= 11 is 0. The zero-order valence-electron chi connectivity index (χ0n) is 18.8. The van der Waals surface area contributed by atoms with Crippen molar-refractivity contribution in [3.8, 4) is 33.8 Å². The quantitative estimate of drug-likeness (QED) is 0.333. The molecule has 6 aromatic rings. The Bertz CT molecular complexity index is 1690. The predicted molar refractivity (Wildman–Crippen MR) is 134 cm³/mol. The molecule has 9 heteroatoms. The van der Waals surface area contributed by atoms with Crippen molar-refractivity contribution in [3.63, 3.8) is 0 Å². The Morgan fingerprint density at radius 2 is 1.83 bits per heavy atom. The van der Waals surface area contributed by atoms with E-state index in [0.29, 0.717) is 17.8 Å². The van der Waals surface area contributed by atoms with Crippen molar-refractivity contribution in [1.29, 1.82) is 0 Å². The number of rotatable bonds is 5. The van der Waals surface area contributed by atoms with E-state index in [1.807, 2.05) is 49.4 Å². The Morgan fingerprint density at radius 3 is 2.69 bits per heavy atom. The Labute approximate surface area is 199 Å². The molecule has 0 aliphatic rings. The van der Waals surface area contributed by atoms with E-state index in [1.165, 1.54) is 0 Å². The molecule has 9 nitrogen and oxygen atoms in total. The number of amides is 1. The molecule has 0 aliphatic heterocycles. The molecule has 0 saturated heterocycles. The second kappa shape index (κ2) is 8.45. The Hall–Kier alpha value is -4.92. The van der Waals surface area contributed by atoms with Gasteiger partial charge < -0.3 is 10.3 Å². The van der Waals surface area contributed by atoms with Crippen molar-refractivity contribution in [2.45, 2.75) is 13.3 Å². The van der Waals surface area contributed by atoms with Crippen LogP contribution in [-0.4, -0.2) is 41.0 Å².